The molecule has 0 aliphatic carbocycles. The van der Waals surface area contributed by atoms with E-state index in [1.807, 2.05) is 38.1 Å². The van der Waals surface area contributed by atoms with Gasteiger partial charge in [0, 0.05) is 11.6 Å². The van der Waals surface area contributed by atoms with Gasteiger partial charge in [-0.25, -0.2) is 0 Å². The van der Waals surface area contributed by atoms with E-state index in [1.165, 1.54) is 0 Å². The third kappa shape index (κ3) is 4.89. The predicted octanol–water partition coefficient (Wildman–Crippen LogP) is 3.32. The third-order valence-corrected chi connectivity index (χ3v) is 2.23. The van der Waals surface area contributed by atoms with Gasteiger partial charge in [0.25, 0.3) is 0 Å². The monoisotopic (exact) mass is 235 g/mol. The van der Waals surface area contributed by atoms with Crippen LogP contribution in [0.2, 0.25) is 0 Å². The molecule has 1 amide bonds. The first-order chi connectivity index (χ1) is 7.99. The van der Waals surface area contributed by atoms with Crippen molar-refractivity contribution in [2.75, 3.05) is 11.9 Å². The molecule has 0 atom stereocenters. The molecule has 0 aromatic heterocycles. The van der Waals surface area contributed by atoms with E-state index >= 15 is 0 Å². The standard InChI is InChI=1S/C14H21NO2/c1-10(2)9-17-13-7-5-12(6-8-13)15-14(16)11(3)4/h5-8,10-11H,9H2,1-4H3,(H,15,16). The molecule has 0 unspecified atom stereocenters. The van der Waals surface area contributed by atoms with Gasteiger partial charge in [0.15, 0.2) is 0 Å². The molecule has 1 aromatic carbocycles. The van der Waals surface area contributed by atoms with Crippen LogP contribution in [0.4, 0.5) is 5.69 Å². The van der Waals surface area contributed by atoms with Crippen molar-refractivity contribution in [3.8, 4) is 5.75 Å². The Morgan fingerprint density at radius 2 is 1.76 bits per heavy atom. The van der Waals surface area contributed by atoms with Crippen LogP contribution in [0, 0.1) is 11.8 Å². The van der Waals surface area contributed by atoms with Crippen LogP contribution in [0.15, 0.2) is 24.3 Å². The van der Waals surface area contributed by atoms with E-state index in [0.29, 0.717) is 12.5 Å². The van der Waals surface area contributed by atoms with Crippen LogP contribution in [-0.2, 0) is 4.79 Å². The van der Waals surface area contributed by atoms with Crippen molar-refractivity contribution >= 4 is 11.6 Å². The van der Waals surface area contributed by atoms with Gasteiger partial charge < -0.3 is 10.1 Å². The number of hydrogen-bond acceptors (Lipinski definition) is 2. The summed E-state index contributed by atoms with van der Waals surface area (Å²) < 4.78 is 5.56. The van der Waals surface area contributed by atoms with E-state index in [4.69, 9.17) is 4.74 Å². The first-order valence-electron chi connectivity index (χ1n) is 6.02. The zero-order valence-corrected chi connectivity index (χ0v) is 11.0. The maximum Gasteiger partial charge on any atom is 0.226 e. The second-order valence-corrected chi connectivity index (χ2v) is 4.87. The summed E-state index contributed by atoms with van der Waals surface area (Å²) in [5.41, 5.74) is 0.806. The number of carbonyl (C=O) groups excluding carboxylic acids is 1. The van der Waals surface area contributed by atoms with Gasteiger partial charge in [0.2, 0.25) is 5.91 Å². The van der Waals surface area contributed by atoms with E-state index in [0.717, 1.165) is 11.4 Å². The minimum absolute atomic E-state index is 0.00753. The molecule has 0 heterocycles. The first-order valence-corrected chi connectivity index (χ1v) is 6.02. The van der Waals surface area contributed by atoms with Crippen molar-refractivity contribution < 1.29 is 9.53 Å². The number of ether oxygens (including phenoxy) is 1. The summed E-state index contributed by atoms with van der Waals surface area (Å²) in [5.74, 6) is 1.37. The van der Waals surface area contributed by atoms with Gasteiger partial charge in [-0.3, -0.25) is 4.79 Å². The minimum Gasteiger partial charge on any atom is -0.493 e. The Labute approximate surface area is 103 Å². The summed E-state index contributed by atoms with van der Waals surface area (Å²) in [6.45, 7) is 8.66. The minimum atomic E-state index is -0.00753. The summed E-state index contributed by atoms with van der Waals surface area (Å²) in [4.78, 5) is 11.5. The molecule has 0 aliphatic heterocycles. The van der Waals surface area contributed by atoms with Crippen LogP contribution >= 0.6 is 0 Å². The summed E-state index contributed by atoms with van der Waals surface area (Å²) in [6.07, 6.45) is 0. The lowest BCUT2D eigenvalue weighted by Gasteiger charge is -2.10. The van der Waals surface area contributed by atoms with Crippen LogP contribution in [0.25, 0.3) is 0 Å². The largest absolute Gasteiger partial charge is 0.493 e. The van der Waals surface area contributed by atoms with Gasteiger partial charge in [0.1, 0.15) is 5.75 Å². The molecular formula is C14H21NO2. The van der Waals surface area contributed by atoms with Crippen molar-refractivity contribution in [2.45, 2.75) is 27.7 Å². The molecule has 1 N–H and O–H groups in total. The number of carbonyl (C=O) groups is 1. The Morgan fingerprint density at radius 3 is 2.24 bits per heavy atom. The van der Waals surface area contributed by atoms with Gasteiger partial charge >= 0.3 is 0 Å². The quantitative estimate of drug-likeness (QED) is 0.850. The van der Waals surface area contributed by atoms with Crippen molar-refractivity contribution in [3.05, 3.63) is 24.3 Å². The number of nitrogens with one attached hydrogen (secondary N) is 1. The number of amides is 1. The highest BCUT2D eigenvalue weighted by atomic mass is 16.5. The second kappa shape index (κ2) is 6.28. The summed E-state index contributed by atoms with van der Waals surface area (Å²) in [7, 11) is 0. The van der Waals surface area contributed by atoms with Gasteiger partial charge in [-0.1, -0.05) is 27.7 Å². The Hall–Kier alpha value is -1.51. The first kappa shape index (κ1) is 13.6. The molecule has 0 spiro atoms. The zero-order chi connectivity index (χ0) is 12.8. The van der Waals surface area contributed by atoms with E-state index in [2.05, 4.69) is 19.2 Å². The number of hydrogen-bond donors (Lipinski definition) is 1. The number of rotatable bonds is 5. The molecule has 0 saturated carbocycles. The summed E-state index contributed by atoms with van der Waals surface area (Å²) in [6, 6.07) is 7.46. The molecule has 0 fully saturated rings. The Kier molecular flexibility index (Phi) is 5.01. The highest BCUT2D eigenvalue weighted by Crippen LogP contribution is 2.16. The van der Waals surface area contributed by atoms with Crippen LogP contribution in [0.5, 0.6) is 5.75 Å². The fraction of sp³-hybridized carbons (Fsp3) is 0.500. The van der Waals surface area contributed by atoms with Gasteiger partial charge in [0.05, 0.1) is 6.61 Å². The van der Waals surface area contributed by atoms with E-state index < -0.39 is 0 Å². The molecule has 0 bridgehead atoms. The lowest BCUT2D eigenvalue weighted by atomic mass is 10.2. The van der Waals surface area contributed by atoms with Crippen LogP contribution in [0.1, 0.15) is 27.7 Å². The highest BCUT2D eigenvalue weighted by molar-refractivity contribution is 5.92. The third-order valence-electron chi connectivity index (χ3n) is 2.23. The smallest absolute Gasteiger partial charge is 0.226 e. The van der Waals surface area contributed by atoms with Crippen molar-refractivity contribution in [1.29, 1.82) is 0 Å². The zero-order valence-electron chi connectivity index (χ0n) is 11.0. The highest BCUT2D eigenvalue weighted by Gasteiger charge is 2.06. The maximum atomic E-state index is 11.5. The fourth-order valence-corrected chi connectivity index (χ4v) is 1.18. The summed E-state index contributed by atoms with van der Waals surface area (Å²) in [5, 5.41) is 2.84. The Balaban J connectivity index is 2.53. The number of anilines is 1. The lowest BCUT2D eigenvalue weighted by molar-refractivity contribution is -0.118. The second-order valence-electron chi connectivity index (χ2n) is 4.87. The topological polar surface area (TPSA) is 38.3 Å². The molecule has 0 saturated heterocycles. The Morgan fingerprint density at radius 1 is 1.18 bits per heavy atom. The molecule has 0 radical (unpaired) electrons. The van der Waals surface area contributed by atoms with Crippen LogP contribution < -0.4 is 10.1 Å². The average Bonchev–Trinajstić information content (AvgIpc) is 2.28. The van der Waals surface area contributed by atoms with Gasteiger partial charge in [-0.05, 0) is 30.2 Å². The molecule has 17 heavy (non-hydrogen) atoms. The van der Waals surface area contributed by atoms with E-state index in [-0.39, 0.29) is 11.8 Å². The van der Waals surface area contributed by atoms with E-state index in [1.54, 1.807) is 0 Å². The lowest BCUT2D eigenvalue weighted by Crippen LogP contribution is -2.17. The van der Waals surface area contributed by atoms with Crippen molar-refractivity contribution in [2.24, 2.45) is 11.8 Å². The predicted molar refractivity (Wildman–Crippen MR) is 70.2 cm³/mol. The van der Waals surface area contributed by atoms with Crippen LogP contribution in [0.3, 0.4) is 0 Å². The SMILES string of the molecule is CC(C)COc1ccc(NC(=O)C(C)C)cc1. The molecule has 1 aromatic rings. The number of benzene rings is 1. The average molecular weight is 235 g/mol. The van der Waals surface area contributed by atoms with Crippen molar-refractivity contribution in [3.63, 3.8) is 0 Å². The molecule has 0 aliphatic rings. The van der Waals surface area contributed by atoms with Gasteiger partial charge in [-0.15, -0.1) is 0 Å². The van der Waals surface area contributed by atoms with Crippen molar-refractivity contribution in [1.82, 2.24) is 0 Å². The fourth-order valence-electron chi connectivity index (χ4n) is 1.18. The molecule has 1 rings (SSSR count). The molecule has 3 nitrogen and oxygen atoms in total. The molecule has 94 valence electrons. The Bertz CT molecular complexity index is 355. The van der Waals surface area contributed by atoms with Gasteiger partial charge in [-0.2, -0.15) is 0 Å². The van der Waals surface area contributed by atoms with E-state index in [9.17, 15) is 4.79 Å². The maximum absolute atomic E-state index is 11.5. The normalized spacial score (nSPS) is 10.7. The summed E-state index contributed by atoms with van der Waals surface area (Å²) >= 11 is 0. The van der Waals surface area contributed by atoms with Crippen LogP contribution in [-0.4, -0.2) is 12.5 Å². The molecular weight excluding hydrogens is 214 g/mol. The molecule has 3 heteroatoms.